The van der Waals surface area contributed by atoms with E-state index in [2.05, 4.69) is 37.1 Å². The van der Waals surface area contributed by atoms with Crippen molar-refractivity contribution in [3.63, 3.8) is 0 Å². The van der Waals surface area contributed by atoms with Gasteiger partial charge in [0.15, 0.2) is 0 Å². The Hall–Kier alpha value is -0.530. The van der Waals surface area contributed by atoms with E-state index in [-0.39, 0.29) is 0 Å². The first-order valence-corrected chi connectivity index (χ1v) is 5.56. The molecule has 0 aromatic heterocycles. The summed E-state index contributed by atoms with van der Waals surface area (Å²) in [4.78, 5) is 0. The fourth-order valence-electron chi connectivity index (χ4n) is 1.92. The Bertz CT molecular complexity index is 155. The summed E-state index contributed by atoms with van der Waals surface area (Å²) in [6.45, 7) is 6.74. The standard InChI is InChI=1S/C11H22N2/c1-4-5-9-12-13-10(2)7-6-8-11(13)3/h9-11H,4-8H2,1-3H3/b12-9+. The number of rotatable bonds is 3. The molecule has 0 radical (unpaired) electrons. The maximum atomic E-state index is 4.54. The minimum Gasteiger partial charge on any atom is -0.292 e. The van der Waals surface area contributed by atoms with Gasteiger partial charge in [-0.05, 0) is 39.5 Å². The summed E-state index contributed by atoms with van der Waals surface area (Å²) in [5.41, 5.74) is 0. The Labute approximate surface area is 82.0 Å². The molecule has 2 unspecified atom stereocenters. The van der Waals surface area contributed by atoms with Crippen molar-refractivity contribution in [1.29, 1.82) is 0 Å². The van der Waals surface area contributed by atoms with Gasteiger partial charge >= 0.3 is 0 Å². The molecule has 0 amide bonds. The first-order valence-electron chi connectivity index (χ1n) is 5.56. The summed E-state index contributed by atoms with van der Waals surface area (Å²) in [5, 5.41) is 6.82. The average Bonchev–Trinajstić information content (AvgIpc) is 2.10. The normalized spacial score (nSPS) is 29.9. The molecule has 1 heterocycles. The van der Waals surface area contributed by atoms with Crippen LogP contribution in [-0.2, 0) is 0 Å². The molecular weight excluding hydrogens is 160 g/mol. The molecule has 2 atom stereocenters. The zero-order chi connectivity index (χ0) is 9.68. The van der Waals surface area contributed by atoms with Crippen LogP contribution in [0.15, 0.2) is 5.10 Å². The zero-order valence-corrected chi connectivity index (χ0v) is 9.16. The minimum atomic E-state index is 0.636. The first-order chi connectivity index (χ1) is 6.25. The molecule has 1 aliphatic heterocycles. The van der Waals surface area contributed by atoms with Gasteiger partial charge in [0.25, 0.3) is 0 Å². The van der Waals surface area contributed by atoms with Gasteiger partial charge in [0.2, 0.25) is 0 Å². The summed E-state index contributed by atoms with van der Waals surface area (Å²) >= 11 is 0. The van der Waals surface area contributed by atoms with Crippen molar-refractivity contribution in [2.75, 3.05) is 0 Å². The Kier molecular flexibility index (Phi) is 4.26. The highest BCUT2D eigenvalue weighted by atomic mass is 15.5. The van der Waals surface area contributed by atoms with Crippen molar-refractivity contribution in [2.45, 2.75) is 65.0 Å². The van der Waals surface area contributed by atoms with Gasteiger partial charge in [-0.3, -0.25) is 5.01 Å². The second-order valence-electron chi connectivity index (χ2n) is 4.10. The third-order valence-electron chi connectivity index (χ3n) is 2.78. The Morgan fingerprint density at radius 3 is 2.46 bits per heavy atom. The van der Waals surface area contributed by atoms with E-state index in [4.69, 9.17) is 0 Å². The van der Waals surface area contributed by atoms with Gasteiger partial charge in [-0.1, -0.05) is 13.3 Å². The monoisotopic (exact) mass is 182 g/mol. The molecule has 2 nitrogen and oxygen atoms in total. The van der Waals surface area contributed by atoms with Crippen molar-refractivity contribution < 1.29 is 0 Å². The molecule has 2 heteroatoms. The summed E-state index contributed by atoms with van der Waals surface area (Å²) in [5.74, 6) is 0. The van der Waals surface area contributed by atoms with Crippen LogP contribution in [0.4, 0.5) is 0 Å². The van der Waals surface area contributed by atoms with Crippen LogP contribution in [0.25, 0.3) is 0 Å². The van der Waals surface area contributed by atoms with Crippen LogP contribution in [0.1, 0.15) is 52.9 Å². The van der Waals surface area contributed by atoms with Gasteiger partial charge in [0.05, 0.1) is 0 Å². The largest absolute Gasteiger partial charge is 0.292 e. The zero-order valence-electron chi connectivity index (χ0n) is 9.16. The summed E-state index contributed by atoms with van der Waals surface area (Å²) in [6, 6.07) is 1.27. The van der Waals surface area contributed by atoms with Crippen LogP contribution in [0.5, 0.6) is 0 Å². The Morgan fingerprint density at radius 1 is 1.31 bits per heavy atom. The van der Waals surface area contributed by atoms with Crippen molar-refractivity contribution in [3.8, 4) is 0 Å². The molecular formula is C11H22N2. The van der Waals surface area contributed by atoms with Gasteiger partial charge in [0, 0.05) is 18.3 Å². The molecule has 0 bridgehead atoms. The van der Waals surface area contributed by atoms with E-state index < -0.39 is 0 Å². The number of hydrogen-bond donors (Lipinski definition) is 0. The van der Waals surface area contributed by atoms with Crippen molar-refractivity contribution in [3.05, 3.63) is 0 Å². The van der Waals surface area contributed by atoms with E-state index in [1.54, 1.807) is 0 Å². The fourth-order valence-corrected chi connectivity index (χ4v) is 1.92. The number of piperidine rings is 1. The number of nitrogens with zero attached hydrogens (tertiary/aromatic N) is 2. The maximum Gasteiger partial charge on any atom is 0.0445 e. The average molecular weight is 182 g/mol. The smallest absolute Gasteiger partial charge is 0.0445 e. The van der Waals surface area contributed by atoms with Gasteiger partial charge in [-0.2, -0.15) is 5.10 Å². The highest BCUT2D eigenvalue weighted by Crippen LogP contribution is 2.22. The lowest BCUT2D eigenvalue weighted by molar-refractivity contribution is 0.109. The number of unbranched alkanes of at least 4 members (excludes halogenated alkanes) is 1. The lowest BCUT2D eigenvalue weighted by atomic mass is 10.00. The van der Waals surface area contributed by atoms with Crippen molar-refractivity contribution in [2.24, 2.45) is 5.10 Å². The Morgan fingerprint density at radius 2 is 1.92 bits per heavy atom. The van der Waals surface area contributed by atoms with E-state index in [0.29, 0.717) is 12.1 Å². The van der Waals surface area contributed by atoms with E-state index in [0.717, 1.165) is 6.42 Å². The topological polar surface area (TPSA) is 15.6 Å². The third kappa shape index (κ3) is 3.02. The van der Waals surface area contributed by atoms with Crippen LogP contribution < -0.4 is 0 Å². The minimum absolute atomic E-state index is 0.636. The lowest BCUT2D eigenvalue weighted by Gasteiger charge is -2.36. The van der Waals surface area contributed by atoms with Crippen molar-refractivity contribution >= 4 is 6.21 Å². The molecule has 0 spiro atoms. The van der Waals surface area contributed by atoms with Crippen LogP contribution >= 0.6 is 0 Å². The number of hydrogen-bond acceptors (Lipinski definition) is 2. The number of hydrazone groups is 1. The molecule has 1 aliphatic rings. The third-order valence-corrected chi connectivity index (χ3v) is 2.78. The summed E-state index contributed by atoms with van der Waals surface area (Å²) in [6.07, 6.45) is 8.33. The van der Waals surface area contributed by atoms with Crippen LogP contribution in [0.2, 0.25) is 0 Å². The quantitative estimate of drug-likeness (QED) is 0.612. The molecule has 13 heavy (non-hydrogen) atoms. The molecule has 0 aromatic carbocycles. The molecule has 1 fully saturated rings. The first kappa shape index (κ1) is 10.6. The van der Waals surface area contributed by atoms with E-state index >= 15 is 0 Å². The highest BCUT2D eigenvalue weighted by Gasteiger charge is 2.22. The molecule has 0 aliphatic carbocycles. The fraction of sp³-hybridized carbons (Fsp3) is 0.909. The van der Waals surface area contributed by atoms with Gasteiger partial charge in [0.1, 0.15) is 0 Å². The molecule has 76 valence electrons. The van der Waals surface area contributed by atoms with E-state index in [9.17, 15) is 0 Å². The molecule has 0 aromatic rings. The predicted molar refractivity (Wildman–Crippen MR) is 58.0 cm³/mol. The Balaban J connectivity index is 2.43. The second kappa shape index (κ2) is 5.25. The predicted octanol–water partition coefficient (Wildman–Crippen LogP) is 3.04. The van der Waals surface area contributed by atoms with Crippen LogP contribution in [0.3, 0.4) is 0 Å². The van der Waals surface area contributed by atoms with Crippen LogP contribution in [0, 0.1) is 0 Å². The molecule has 0 saturated carbocycles. The van der Waals surface area contributed by atoms with Gasteiger partial charge in [-0.25, -0.2) is 0 Å². The summed E-state index contributed by atoms with van der Waals surface area (Å²) < 4.78 is 0. The maximum absolute atomic E-state index is 4.54. The highest BCUT2D eigenvalue weighted by molar-refractivity contribution is 5.56. The molecule has 1 rings (SSSR count). The van der Waals surface area contributed by atoms with E-state index in [1.807, 2.05) is 0 Å². The van der Waals surface area contributed by atoms with Gasteiger partial charge in [-0.15, -0.1) is 0 Å². The SMILES string of the molecule is CCC/C=N/N1C(C)CCCC1C. The second-order valence-corrected chi connectivity index (χ2v) is 4.10. The van der Waals surface area contributed by atoms with Crippen molar-refractivity contribution in [1.82, 2.24) is 5.01 Å². The van der Waals surface area contributed by atoms with E-state index in [1.165, 1.54) is 25.7 Å². The molecule has 1 saturated heterocycles. The molecule has 0 N–H and O–H groups in total. The van der Waals surface area contributed by atoms with Gasteiger partial charge < -0.3 is 0 Å². The van der Waals surface area contributed by atoms with Crippen LogP contribution in [-0.4, -0.2) is 23.3 Å². The summed E-state index contributed by atoms with van der Waals surface area (Å²) in [7, 11) is 0. The lowest BCUT2D eigenvalue weighted by Crippen LogP contribution is -2.39.